The molecule has 7 heteroatoms. The molecule has 2 aliphatic heterocycles. The highest BCUT2D eigenvalue weighted by Crippen LogP contribution is 2.45. The number of methoxy groups -OCH3 is 2. The predicted molar refractivity (Wildman–Crippen MR) is 143 cm³/mol. The van der Waals surface area contributed by atoms with Crippen LogP contribution in [0.5, 0.6) is 5.75 Å². The summed E-state index contributed by atoms with van der Waals surface area (Å²) in [6.45, 7) is 6.95. The molecule has 1 aliphatic carbocycles. The first kappa shape index (κ1) is 25.9. The molecule has 6 atom stereocenters. The Bertz CT molecular complexity index is 786. The highest BCUT2D eigenvalue weighted by atomic mass is 32.2. The van der Waals surface area contributed by atoms with Gasteiger partial charge in [-0.25, -0.2) is 0 Å². The van der Waals surface area contributed by atoms with Gasteiger partial charge in [-0.3, -0.25) is 4.90 Å². The second-order valence-corrected chi connectivity index (χ2v) is 11.2. The number of nitrogens with zero attached hydrogens (tertiary/aromatic N) is 2. The minimum atomic E-state index is 0.0581. The molecule has 0 radical (unpaired) electrons. The first-order chi connectivity index (χ1) is 16.5. The Hall–Kier alpha value is -1.15. The lowest BCUT2D eigenvalue weighted by atomic mass is 9.78. The lowest BCUT2D eigenvalue weighted by Gasteiger charge is -2.55. The minimum Gasteiger partial charge on any atom is -0.497 e. The van der Waals surface area contributed by atoms with Crippen molar-refractivity contribution in [2.45, 2.75) is 103 Å². The molecule has 0 bridgehead atoms. The van der Waals surface area contributed by atoms with Gasteiger partial charge in [-0.05, 0) is 55.8 Å². The van der Waals surface area contributed by atoms with Crippen molar-refractivity contribution in [2.24, 2.45) is 11.8 Å². The van der Waals surface area contributed by atoms with Gasteiger partial charge in [0.15, 0.2) is 6.29 Å². The van der Waals surface area contributed by atoms with E-state index in [1.807, 2.05) is 7.11 Å². The molecule has 2 N–H and O–H groups in total. The zero-order chi connectivity index (χ0) is 24.2. The number of likely N-dealkylation sites (tertiary alicyclic amines) is 1. The smallest absolute Gasteiger partial charge is 0.158 e. The van der Waals surface area contributed by atoms with Crippen LogP contribution in [0.25, 0.3) is 0 Å². The van der Waals surface area contributed by atoms with Crippen molar-refractivity contribution in [3.8, 4) is 5.75 Å². The normalized spacial score (nSPS) is 33.5. The van der Waals surface area contributed by atoms with Crippen molar-refractivity contribution >= 4 is 23.4 Å². The standard InChI is InChI=1S/C27H45N3O3S/c1-18-20(3)29(25(17-34-31)19(2)26(18)33-5)27-28-23-15-14-22(32-4)16-24(23)30(27)21-12-10-8-6-7-9-11-13-21/h14-16,18-21,25-28,31H,6-13,17H2,1-5H3. The van der Waals surface area contributed by atoms with E-state index in [1.165, 1.54) is 62.7 Å². The molecule has 0 amide bonds. The van der Waals surface area contributed by atoms with Gasteiger partial charge in [0.25, 0.3) is 0 Å². The van der Waals surface area contributed by atoms with Gasteiger partial charge in [-0.1, -0.05) is 52.4 Å². The van der Waals surface area contributed by atoms with Gasteiger partial charge >= 0.3 is 0 Å². The molecule has 6 unspecified atom stereocenters. The van der Waals surface area contributed by atoms with E-state index in [1.54, 1.807) is 7.11 Å². The number of benzene rings is 1. The van der Waals surface area contributed by atoms with Crippen LogP contribution in [0.15, 0.2) is 18.2 Å². The average Bonchev–Trinajstić information content (AvgIpc) is 3.26. The molecule has 0 spiro atoms. The Morgan fingerprint density at radius 1 is 1.00 bits per heavy atom. The van der Waals surface area contributed by atoms with Gasteiger partial charge < -0.3 is 24.2 Å². The van der Waals surface area contributed by atoms with Crippen LogP contribution in [0.3, 0.4) is 0 Å². The number of fused-ring (bicyclic) bond motifs is 1. The summed E-state index contributed by atoms with van der Waals surface area (Å²) in [5.74, 6) is 2.29. The molecule has 192 valence electrons. The van der Waals surface area contributed by atoms with Crippen molar-refractivity contribution < 1.29 is 14.0 Å². The molecule has 6 nitrogen and oxygen atoms in total. The lowest BCUT2D eigenvalue weighted by molar-refractivity contribution is -0.101. The van der Waals surface area contributed by atoms with Crippen LogP contribution >= 0.6 is 12.0 Å². The molecular formula is C27H45N3O3S. The van der Waals surface area contributed by atoms with E-state index in [0.717, 1.165) is 17.8 Å². The summed E-state index contributed by atoms with van der Waals surface area (Å²) >= 11 is 0.962. The Labute approximate surface area is 211 Å². The summed E-state index contributed by atoms with van der Waals surface area (Å²) in [6.07, 6.45) is 10.7. The Morgan fingerprint density at radius 3 is 2.29 bits per heavy atom. The topological polar surface area (TPSA) is 57.2 Å². The average molecular weight is 492 g/mol. The number of anilines is 2. The summed E-state index contributed by atoms with van der Waals surface area (Å²) in [6, 6.07) is 7.45. The van der Waals surface area contributed by atoms with E-state index in [-0.39, 0.29) is 18.4 Å². The van der Waals surface area contributed by atoms with Crippen LogP contribution in [-0.2, 0) is 4.74 Å². The molecule has 4 rings (SSSR count). The third-order valence-corrected chi connectivity index (χ3v) is 9.30. The van der Waals surface area contributed by atoms with Gasteiger partial charge in [-0.2, -0.15) is 0 Å². The molecule has 0 aromatic heterocycles. The van der Waals surface area contributed by atoms with Crippen molar-refractivity contribution in [3.05, 3.63) is 18.2 Å². The fourth-order valence-corrected chi connectivity index (χ4v) is 7.41. The van der Waals surface area contributed by atoms with Crippen LogP contribution in [-0.4, -0.2) is 59.9 Å². The van der Waals surface area contributed by atoms with Gasteiger partial charge in [0.1, 0.15) is 5.75 Å². The highest BCUT2D eigenvalue weighted by molar-refractivity contribution is 7.93. The second-order valence-electron chi connectivity index (χ2n) is 10.6. The lowest BCUT2D eigenvalue weighted by Crippen LogP contribution is -2.68. The van der Waals surface area contributed by atoms with E-state index in [0.29, 0.717) is 29.7 Å². The zero-order valence-corrected chi connectivity index (χ0v) is 22.5. The number of rotatable bonds is 6. The first-order valence-corrected chi connectivity index (χ1v) is 14.3. The Kier molecular flexibility index (Phi) is 8.94. The number of nitrogens with one attached hydrogen (secondary N) is 1. The number of piperidine rings is 1. The van der Waals surface area contributed by atoms with Crippen molar-refractivity contribution in [1.82, 2.24) is 4.90 Å². The maximum atomic E-state index is 9.96. The minimum absolute atomic E-state index is 0.0581. The maximum absolute atomic E-state index is 9.96. The largest absolute Gasteiger partial charge is 0.497 e. The molecule has 1 saturated carbocycles. The molecule has 3 aliphatic rings. The number of ether oxygens (including phenoxy) is 2. The summed E-state index contributed by atoms with van der Waals surface area (Å²) in [7, 11) is 3.59. The van der Waals surface area contributed by atoms with Crippen LogP contribution in [0.1, 0.15) is 72.1 Å². The maximum Gasteiger partial charge on any atom is 0.158 e. The third kappa shape index (κ3) is 5.04. The Balaban J connectivity index is 1.74. The highest BCUT2D eigenvalue weighted by Gasteiger charge is 2.50. The zero-order valence-electron chi connectivity index (χ0n) is 21.7. The van der Waals surface area contributed by atoms with Gasteiger partial charge in [-0.15, -0.1) is 0 Å². The summed E-state index contributed by atoms with van der Waals surface area (Å²) < 4.78 is 21.6. The first-order valence-electron chi connectivity index (χ1n) is 13.3. The van der Waals surface area contributed by atoms with Crippen LogP contribution in [0, 0.1) is 11.8 Å². The fourth-order valence-electron chi connectivity index (χ4n) is 6.78. The molecule has 1 saturated heterocycles. The summed E-state index contributed by atoms with van der Waals surface area (Å²) in [5, 5.41) is 3.91. The van der Waals surface area contributed by atoms with Gasteiger partial charge in [0.05, 0.1) is 24.6 Å². The molecule has 2 heterocycles. The van der Waals surface area contributed by atoms with E-state index >= 15 is 0 Å². The summed E-state index contributed by atoms with van der Waals surface area (Å²) in [4.78, 5) is 5.31. The van der Waals surface area contributed by atoms with Crippen LogP contribution in [0.4, 0.5) is 11.4 Å². The third-order valence-electron chi connectivity index (χ3n) is 8.81. The van der Waals surface area contributed by atoms with Crippen LogP contribution in [0.2, 0.25) is 0 Å². The number of hydrogen-bond donors (Lipinski definition) is 2. The van der Waals surface area contributed by atoms with Crippen molar-refractivity contribution in [3.63, 3.8) is 0 Å². The quantitative estimate of drug-likeness (QED) is 0.454. The van der Waals surface area contributed by atoms with Crippen molar-refractivity contribution in [2.75, 3.05) is 30.2 Å². The Morgan fingerprint density at radius 2 is 1.68 bits per heavy atom. The molecule has 2 fully saturated rings. The van der Waals surface area contributed by atoms with E-state index < -0.39 is 0 Å². The number of hydrogen-bond acceptors (Lipinski definition) is 7. The van der Waals surface area contributed by atoms with Crippen molar-refractivity contribution in [1.29, 1.82) is 0 Å². The van der Waals surface area contributed by atoms with E-state index in [2.05, 4.69) is 54.1 Å². The summed E-state index contributed by atoms with van der Waals surface area (Å²) in [5.41, 5.74) is 2.44. The monoisotopic (exact) mass is 491 g/mol. The molecular weight excluding hydrogens is 446 g/mol. The van der Waals surface area contributed by atoms with Crippen LogP contribution < -0.4 is 15.0 Å². The second kappa shape index (κ2) is 11.7. The molecule has 1 aromatic rings. The fraction of sp³-hybridized carbons (Fsp3) is 0.778. The molecule has 1 aromatic carbocycles. The van der Waals surface area contributed by atoms with E-state index in [9.17, 15) is 4.55 Å². The molecule has 34 heavy (non-hydrogen) atoms. The van der Waals surface area contributed by atoms with Gasteiger partial charge in [0.2, 0.25) is 0 Å². The van der Waals surface area contributed by atoms with E-state index in [4.69, 9.17) is 9.47 Å². The predicted octanol–water partition coefficient (Wildman–Crippen LogP) is 6.28. The van der Waals surface area contributed by atoms with Gasteiger partial charge in [0, 0.05) is 37.1 Å². The SMILES string of the molecule is COc1ccc2c(c1)N(C1CCCCCCCC1)C(N1C(C)C(C)C(OC)C(C)C1CSO)N2.